The molecule has 0 heterocycles. The van der Waals surface area contributed by atoms with Crippen LogP contribution in [0.25, 0.3) is 0 Å². The van der Waals surface area contributed by atoms with Gasteiger partial charge in [0.1, 0.15) is 0 Å². The summed E-state index contributed by atoms with van der Waals surface area (Å²) in [5.74, 6) is -0.690. The van der Waals surface area contributed by atoms with Crippen LogP contribution in [0.4, 0.5) is 0 Å². The Bertz CT molecular complexity index is 44.1. The van der Waals surface area contributed by atoms with Gasteiger partial charge >= 0.3 is 35.5 Å². The van der Waals surface area contributed by atoms with Gasteiger partial charge in [-0.25, -0.2) is 4.79 Å². The molecule has 0 spiro atoms. The van der Waals surface area contributed by atoms with Crippen LogP contribution in [0.15, 0.2) is 0 Å². The number of hydrogen-bond acceptors (Lipinski definition) is 3. The molecule has 0 aliphatic heterocycles. The molecular formula is C2H5NaO3. The topological polar surface area (TPSA) is 46.5 Å². The Morgan fingerprint density at radius 3 is 2.00 bits per heavy atom. The SMILES string of the molecule is CC(=O)OO.[NaH]. The molecule has 0 unspecified atom stereocenters. The van der Waals surface area contributed by atoms with Crippen LogP contribution in [0.3, 0.4) is 0 Å². The van der Waals surface area contributed by atoms with Gasteiger partial charge in [-0.05, 0) is 0 Å². The molecule has 0 aromatic carbocycles. The van der Waals surface area contributed by atoms with E-state index in [0.717, 1.165) is 6.92 Å². The molecule has 0 amide bonds. The summed E-state index contributed by atoms with van der Waals surface area (Å²) >= 11 is 0. The van der Waals surface area contributed by atoms with E-state index in [0.29, 0.717) is 0 Å². The number of rotatable bonds is 0. The molecule has 32 valence electrons. The first kappa shape index (κ1) is 9.66. The van der Waals surface area contributed by atoms with E-state index in [9.17, 15) is 4.79 Å². The zero-order valence-corrected chi connectivity index (χ0v) is 2.76. The predicted octanol–water partition coefficient (Wildman–Crippen LogP) is -0.626. The zero-order valence-electron chi connectivity index (χ0n) is 2.76. The summed E-state index contributed by atoms with van der Waals surface area (Å²) in [6.07, 6.45) is 0. The van der Waals surface area contributed by atoms with E-state index in [1.54, 1.807) is 0 Å². The van der Waals surface area contributed by atoms with E-state index in [-0.39, 0.29) is 29.6 Å². The fourth-order valence-corrected chi connectivity index (χ4v) is 0. The van der Waals surface area contributed by atoms with Crippen molar-refractivity contribution in [2.45, 2.75) is 6.92 Å². The van der Waals surface area contributed by atoms with Gasteiger partial charge in [0, 0.05) is 6.92 Å². The van der Waals surface area contributed by atoms with E-state index in [1.165, 1.54) is 0 Å². The standard InChI is InChI=1S/C2H4O3.Na.H/c1-2(3)5-4;;/h4H,1H3;;. The Hall–Kier alpha value is 0.430. The third-order valence-corrected chi connectivity index (χ3v) is 0.129. The summed E-state index contributed by atoms with van der Waals surface area (Å²) < 4.78 is 0. The van der Waals surface area contributed by atoms with Crippen molar-refractivity contribution in [3.05, 3.63) is 0 Å². The van der Waals surface area contributed by atoms with Crippen molar-refractivity contribution in [1.29, 1.82) is 0 Å². The molecule has 0 saturated heterocycles. The van der Waals surface area contributed by atoms with Gasteiger partial charge in [0.05, 0.1) is 0 Å². The van der Waals surface area contributed by atoms with Gasteiger partial charge in [0.2, 0.25) is 0 Å². The van der Waals surface area contributed by atoms with E-state index in [4.69, 9.17) is 5.26 Å². The van der Waals surface area contributed by atoms with Crippen LogP contribution >= 0.6 is 0 Å². The zero-order chi connectivity index (χ0) is 4.28. The summed E-state index contributed by atoms with van der Waals surface area (Å²) in [6, 6.07) is 0. The minimum atomic E-state index is -0.690. The van der Waals surface area contributed by atoms with Gasteiger partial charge in [-0.2, -0.15) is 5.26 Å². The molecule has 0 aliphatic carbocycles. The summed E-state index contributed by atoms with van der Waals surface area (Å²) in [4.78, 5) is 12.5. The normalized spacial score (nSPS) is 5.67. The second-order valence-electron chi connectivity index (χ2n) is 0.583. The molecule has 0 radical (unpaired) electrons. The van der Waals surface area contributed by atoms with Gasteiger partial charge in [0.15, 0.2) is 0 Å². The van der Waals surface area contributed by atoms with Gasteiger partial charge in [-0.1, -0.05) is 0 Å². The maximum atomic E-state index is 9.34. The average molecular weight is 100 g/mol. The molecule has 0 fully saturated rings. The monoisotopic (exact) mass is 100 g/mol. The Labute approximate surface area is 57.5 Å². The van der Waals surface area contributed by atoms with Crippen molar-refractivity contribution >= 4 is 35.5 Å². The molecule has 0 atom stereocenters. The molecule has 0 aromatic heterocycles. The van der Waals surface area contributed by atoms with Crippen molar-refractivity contribution in [2.24, 2.45) is 0 Å². The number of carbonyl (C=O) groups excluding carboxylic acids is 1. The third kappa shape index (κ3) is 8.83. The summed E-state index contributed by atoms with van der Waals surface area (Å²) in [7, 11) is 0. The fourth-order valence-electron chi connectivity index (χ4n) is 0. The summed E-state index contributed by atoms with van der Waals surface area (Å²) in [6.45, 7) is 1.11. The van der Waals surface area contributed by atoms with Crippen LogP contribution in [0.2, 0.25) is 0 Å². The van der Waals surface area contributed by atoms with Gasteiger partial charge < -0.3 is 4.89 Å². The van der Waals surface area contributed by atoms with Gasteiger partial charge in [-0.15, -0.1) is 0 Å². The van der Waals surface area contributed by atoms with Crippen molar-refractivity contribution < 1.29 is 14.9 Å². The van der Waals surface area contributed by atoms with Crippen LogP contribution in [0, 0.1) is 0 Å². The Kier molecular flexibility index (Phi) is 8.74. The molecular weight excluding hydrogens is 95.0 g/mol. The summed E-state index contributed by atoms with van der Waals surface area (Å²) in [5.41, 5.74) is 0. The summed E-state index contributed by atoms with van der Waals surface area (Å²) in [5, 5.41) is 7.29. The van der Waals surface area contributed by atoms with Crippen molar-refractivity contribution in [2.75, 3.05) is 0 Å². The van der Waals surface area contributed by atoms with Crippen LogP contribution in [0.5, 0.6) is 0 Å². The molecule has 0 rings (SSSR count). The Morgan fingerprint density at radius 2 is 2.00 bits per heavy atom. The number of hydrogen-bond donors (Lipinski definition) is 1. The average Bonchev–Trinajstić information content (AvgIpc) is 1.38. The molecule has 6 heavy (non-hydrogen) atoms. The van der Waals surface area contributed by atoms with E-state index in [2.05, 4.69) is 4.89 Å². The van der Waals surface area contributed by atoms with Crippen LogP contribution in [0.1, 0.15) is 6.92 Å². The molecule has 0 aliphatic rings. The molecule has 0 bridgehead atoms. The minimum absolute atomic E-state index is 0. The molecule has 4 heteroatoms. The Balaban J connectivity index is 0. The number of carbonyl (C=O) groups is 1. The van der Waals surface area contributed by atoms with E-state index >= 15 is 0 Å². The van der Waals surface area contributed by atoms with E-state index in [1.807, 2.05) is 0 Å². The third-order valence-electron chi connectivity index (χ3n) is 0.129. The van der Waals surface area contributed by atoms with Crippen LogP contribution < -0.4 is 0 Å². The van der Waals surface area contributed by atoms with Crippen molar-refractivity contribution in [1.82, 2.24) is 0 Å². The molecule has 0 aromatic rings. The Morgan fingerprint density at radius 1 is 1.83 bits per heavy atom. The maximum absolute atomic E-state index is 9.34. The molecule has 3 nitrogen and oxygen atoms in total. The van der Waals surface area contributed by atoms with Gasteiger partial charge in [-0.3, -0.25) is 0 Å². The van der Waals surface area contributed by atoms with Crippen LogP contribution in [-0.2, 0) is 9.68 Å². The predicted molar refractivity (Wildman–Crippen MR) is 21.5 cm³/mol. The first-order chi connectivity index (χ1) is 2.27. The molecule has 1 N–H and O–H groups in total. The fraction of sp³-hybridized carbons (Fsp3) is 0.500. The van der Waals surface area contributed by atoms with Crippen molar-refractivity contribution in [3.8, 4) is 0 Å². The van der Waals surface area contributed by atoms with Crippen LogP contribution in [-0.4, -0.2) is 40.8 Å². The molecule has 0 saturated carbocycles. The quantitative estimate of drug-likeness (QED) is 0.250. The second-order valence-corrected chi connectivity index (χ2v) is 0.583. The second kappa shape index (κ2) is 5.43. The first-order valence-electron chi connectivity index (χ1n) is 1.09. The van der Waals surface area contributed by atoms with Gasteiger partial charge in [0.25, 0.3) is 0 Å². The first-order valence-corrected chi connectivity index (χ1v) is 1.09. The van der Waals surface area contributed by atoms with E-state index < -0.39 is 5.97 Å². The van der Waals surface area contributed by atoms with Crippen molar-refractivity contribution in [3.63, 3.8) is 0 Å².